The minimum atomic E-state index is -1.01. The molecule has 0 bridgehead atoms. The number of hydrogen-bond donors (Lipinski definition) is 3. The first-order chi connectivity index (χ1) is 16.9. The Morgan fingerprint density at radius 2 is 1.83 bits per heavy atom. The van der Waals surface area contributed by atoms with Crippen LogP contribution in [0.3, 0.4) is 0 Å². The molecular formula is C26H32N4O4S. The highest BCUT2D eigenvalue weighted by Gasteiger charge is 2.42. The summed E-state index contributed by atoms with van der Waals surface area (Å²) in [6, 6.07) is 15.0. The van der Waals surface area contributed by atoms with Crippen molar-refractivity contribution in [1.82, 2.24) is 20.9 Å². The van der Waals surface area contributed by atoms with E-state index in [1.54, 1.807) is 20.1 Å². The summed E-state index contributed by atoms with van der Waals surface area (Å²) in [6.07, 6.45) is 3.55. The highest BCUT2D eigenvalue weighted by atomic mass is 32.2. The number of methoxy groups -OCH3 is 1. The monoisotopic (exact) mass is 496 g/mol. The molecule has 2 heterocycles. The van der Waals surface area contributed by atoms with Crippen LogP contribution in [0.5, 0.6) is 5.75 Å². The zero-order valence-electron chi connectivity index (χ0n) is 20.1. The van der Waals surface area contributed by atoms with E-state index in [9.17, 15) is 14.4 Å². The number of piperidine rings is 1. The number of benzene rings is 2. The van der Waals surface area contributed by atoms with Gasteiger partial charge in [0.05, 0.1) is 18.7 Å². The first kappa shape index (κ1) is 25.1. The summed E-state index contributed by atoms with van der Waals surface area (Å²) in [5.74, 6) is 0.605. The van der Waals surface area contributed by atoms with Crippen LogP contribution in [-0.2, 0) is 4.79 Å². The number of amides is 4. The Hall–Kier alpha value is -3.04. The molecule has 0 aliphatic carbocycles. The van der Waals surface area contributed by atoms with Gasteiger partial charge < -0.3 is 15.4 Å². The second-order valence-electron chi connectivity index (χ2n) is 9.12. The van der Waals surface area contributed by atoms with Gasteiger partial charge in [0.25, 0.3) is 11.8 Å². The van der Waals surface area contributed by atoms with Gasteiger partial charge in [0.15, 0.2) is 0 Å². The minimum Gasteiger partial charge on any atom is -0.497 e. The molecule has 4 rings (SSSR count). The highest BCUT2D eigenvalue weighted by Crippen LogP contribution is 2.29. The van der Waals surface area contributed by atoms with Gasteiger partial charge in [0.1, 0.15) is 11.3 Å². The molecule has 3 N–H and O–H groups in total. The maximum absolute atomic E-state index is 13.3. The van der Waals surface area contributed by atoms with Crippen LogP contribution in [0.4, 0.5) is 4.79 Å². The number of carbonyl (C=O) groups excluding carboxylic acids is 3. The maximum Gasteiger partial charge on any atom is 0.322 e. The average Bonchev–Trinajstić information content (AvgIpc) is 3.15. The Kier molecular flexibility index (Phi) is 7.97. The highest BCUT2D eigenvalue weighted by molar-refractivity contribution is 7.99. The Morgan fingerprint density at radius 3 is 2.49 bits per heavy atom. The van der Waals surface area contributed by atoms with Crippen LogP contribution in [0.15, 0.2) is 53.4 Å². The maximum atomic E-state index is 13.3. The zero-order valence-corrected chi connectivity index (χ0v) is 21.0. The van der Waals surface area contributed by atoms with Crippen LogP contribution < -0.4 is 20.7 Å². The van der Waals surface area contributed by atoms with Gasteiger partial charge in [-0.2, -0.15) is 0 Å². The van der Waals surface area contributed by atoms with Crippen LogP contribution in [0.2, 0.25) is 0 Å². The van der Waals surface area contributed by atoms with E-state index in [1.807, 2.05) is 30.3 Å². The van der Waals surface area contributed by atoms with Crippen LogP contribution in [0, 0.1) is 0 Å². The smallest absolute Gasteiger partial charge is 0.322 e. The number of rotatable bonds is 9. The number of hydrogen-bond acceptors (Lipinski definition) is 6. The fraction of sp³-hybridized carbons (Fsp3) is 0.423. The van der Waals surface area contributed by atoms with Gasteiger partial charge in [-0.15, -0.1) is 11.8 Å². The van der Waals surface area contributed by atoms with Crippen molar-refractivity contribution in [3.63, 3.8) is 0 Å². The molecule has 2 aromatic rings. The molecule has 2 aliphatic rings. The van der Waals surface area contributed by atoms with E-state index in [-0.39, 0.29) is 17.9 Å². The Morgan fingerprint density at radius 1 is 1.11 bits per heavy atom. The molecule has 2 saturated heterocycles. The molecule has 8 nitrogen and oxygen atoms in total. The predicted octanol–water partition coefficient (Wildman–Crippen LogP) is 3.34. The summed E-state index contributed by atoms with van der Waals surface area (Å²) < 4.78 is 5.31. The van der Waals surface area contributed by atoms with Crippen LogP contribution in [0.1, 0.15) is 48.1 Å². The van der Waals surface area contributed by atoms with Crippen molar-refractivity contribution in [2.75, 3.05) is 32.5 Å². The number of urea groups is 1. The van der Waals surface area contributed by atoms with Crippen molar-refractivity contribution in [3.05, 3.63) is 59.7 Å². The van der Waals surface area contributed by atoms with Crippen molar-refractivity contribution < 1.29 is 19.1 Å². The summed E-state index contributed by atoms with van der Waals surface area (Å²) in [5, 5.41) is 8.08. The molecule has 4 amide bonds. The van der Waals surface area contributed by atoms with Crippen LogP contribution in [-0.4, -0.2) is 60.8 Å². The van der Waals surface area contributed by atoms with E-state index in [0.717, 1.165) is 42.1 Å². The lowest BCUT2D eigenvalue weighted by Gasteiger charge is -2.35. The van der Waals surface area contributed by atoms with E-state index in [2.05, 4.69) is 33.0 Å². The molecule has 2 fully saturated rings. The second-order valence-corrected chi connectivity index (χ2v) is 10.1. The molecule has 0 aromatic heterocycles. The first-order valence-corrected chi connectivity index (χ1v) is 12.9. The van der Waals surface area contributed by atoms with Crippen molar-refractivity contribution in [1.29, 1.82) is 0 Å². The summed E-state index contributed by atoms with van der Waals surface area (Å²) in [7, 11) is 1.65. The van der Waals surface area contributed by atoms with Gasteiger partial charge in [-0.3, -0.25) is 19.8 Å². The lowest BCUT2D eigenvalue weighted by molar-refractivity contribution is -0.122. The lowest BCUT2D eigenvalue weighted by Crippen LogP contribution is -2.46. The quantitative estimate of drug-likeness (QED) is 0.364. The standard InChI is InChI=1S/C26H32N4O4S/c1-26(24(32)28-25(33)29-26)17-35-22-9-5-4-8-20(22)23(31)27-16-21(30-14-6-3-7-15-30)18-10-12-19(34-2)13-11-18/h4-5,8-13,21H,3,6-7,14-17H2,1-2H3,(H,27,31)(H2,28,29,32,33)/t21-,26+/m1/s1. The third kappa shape index (κ3) is 5.97. The van der Waals surface area contributed by atoms with E-state index >= 15 is 0 Å². The van der Waals surface area contributed by atoms with Crippen molar-refractivity contribution >= 4 is 29.6 Å². The lowest BCUT2D eigenvalue weighted by atomic mass is 10.0. The van der Waals surface area contributed by atoms with Crippen LogP contribution in [0.25, 0.3) is 0 Å². The molecule has 0 spiro atoms. The van der Waals surface area contributed by atoms with Gasteiger partial charge in [-0.1, -0.05) is 30.7 Å². The Labute approximate surface area is 210 Å². The molecule has 9 heteroatoms. The minimum absolute atomic E-state index is 0.0706. The summed E-state index contributed by atoms with van der Waals surface area (Å²) in [6.45, 7) is 4.18. The van der Waals surface area contributed by atoms with E-state index in [0.29, 0.717) is 17.9 Å². The SMILES string of the molecule is COc1ccc([C@@H](CNC(=O)c2ccccc2SC[C@]2(C)NC(=O)NC2=O)N2CCCCC2)cc1. The molecule has 35 heavy (non-hydrogen) atoms. The third-order valence-electron chi connectivity index (χ3n) is 6.55. The fourth-order valence-electron chi connectivity index (χ4n) is 4.48. The van der Waals surface area contributed by atoms with Gasteiger partial charge in [-0.25, -0.2) is 4.79 Å². The van der Waals surface area contributed by atoms with Crippen molar-refractivity contribution in [2.45, 2.75) is 42.7 Å². The summed E-state index contributed by atoms with van der Waals surface area (Å²) in [5.41, 5.74) is 0.684. The second kappa shape index (κ2) is 11.1. The van der Waals surface area contributed by atoms with Crippen molar-refractivity contribution in [3.8, 4) is 5.75 Å². The molecule has 186 valence electrons. The van der Waals surface area contributed by atoms with Gasteiger partial charge in [-0.05, 0) is 62.7 Å². The molecular weight excluding hydrogens is 464 g/mol. The summed E-state index contributed by atoms with van der Waals surface area (Å²) >= 11 is 1.38. The molecule has 0 unspecified atom stereocenters. The number of carbonyl (C=O) groups is 3. The molecule has 2 atom stereocenters. The van der Waals surface area contributed by atoms with Crippen LogP contribution >= 0.6 is 11.8 Å². The topological polar surface area (TPSA) is 99.8 Å². The third-order valence-corrected chi connectivity index (χ3v) is 7.94. The van der Waals surface area contributed by atoms with E-state index in [4.69, 9.17) is 4.74 Å². The molecule has 2 aliphatic heterocycles. The number of imide groups is 1. The molecule has 2 aromatic carbocycles. The number of nitrogens with one attached hydrogen (secondary N) is 3. The number of thioether (sulfide) groups is 1. The van der Waals surface area contributed by atoms with Gasteiger partial charge in [0, 0.05) is 17.2 Å². The number of likely N-dealkylation sites (tertiary alicyclic amines) is 1. The van der Waals surface area contributed by atoms with E-state index in [1.165, 1.54) is 18.2 Å². The molecule has 0 saturated carbocycles. The fourth-order valence-corrected chi connectivity index (χ4v) is 5.62. The molecule has 0 radical (unpaired) electrons. The Balaban J connectivity index is 1.45. The van der Waals surface area contributed by atoms with Gasteiger partial charge >= 0.3 is 6.03 Å². The largest absolute Gasteiger partial charge is 0.497 e. The zero-order chi connectivity index (χ0) is 24.8. The first-order valence-electron chi connectivity index (χ1n) is 11.9. The predicted molar refractivity (Wildman–Crippen MR) is 136 cm³/mol. The van der Waals surface area contributed by atoms with Crippen molar-refractivity contribution in [2.24, 2.45) is 0 Å². The van der Waals surface area contributed by atoms with E-state index < -0.39 is 11.6 Å². The average molecular weight is 497 g/mol. The summed E-state index contributed by atoms with van der Waals surface area (Å²) in [4.78, 5) is 40.2. The normalized spacial score (nSPS) is 21.2. The number of ether oxygens (including phenoxy) is 1. The van der Waals surface area contributed by atoms with Gasteiger partial charge in [0.2, 0.25) is 0 Å². The Bertz CT molecular complexity index is 1070. The number of nitrogens with zero attached hydrogens (tertiary/aromatic N) is 1.